The summed E-state index contributed by atoms with van der Waals surface area (Å²) in [6.07, 6.45) is 5.77. The number of benzene rings is 2. The number of hydrogen-bond acceptors (Lipinski definition) is 8. The molecule has 0 bridgehead atoms. The van der Waals surface area contributed by atoms with Gasteiger partial charge in [-0.1, -0.05) is 17.7 Å². The number of carbonyl (C=O) groups excluding carboxylic acids is 3. The van der Waals surface area contributed by atoms with Crippen molar-refractivity contribution in [3.05, 3.63) is 76.4 Å². The lowest BCUT2D eigenvalue weighted by Crippen LogP contribution is -2.16. The zero-order valence-corrected chi connectivity index (χ0v) is 18.5. The van der Waals surface area contributed by atoms with Crippen molar-refractivity contribution in [2.45, 2.75) is 26.4 Å². The number of rotatable bonds is 6. The van der Waals surface area contributed by atoms with Gasteiger partial charge in [0.1, 0.15) is 17.6 Å². The van der Waals surface area contributed by atoms with Crippen LogP contribution in [-0.2, 0) is 9.53 Å². The molecule has 8 nitrogen and oxygen atoms in total. The van der Waals surface area contributed by atoms with Gasteiger partial charge in [0, 0.05) is 18.1 Å². The number of fused-ring (bicyclic) bond motifs is 2. The van der Waals surface area contributed by atoms with Gasteiger partial charge in [-0.3, -0.25) is 9.59 Å². The second-order valence-corrected chi connectivity index (χ2v) is 8.03. The first-order chi connectivity index (χ1) is 16.2. The van der Waals surface area contributed by atoms with Crippen molar-refractivity contribution in [1.29, 1.82) is 0 Å². The van der Waals surface area contributed by atoms with Gasteiger partial charge in [-0.05, 0) is 55.8 Å². The number of allylic oxidation sites excluding steroid dienone is 3. The first kappa shape index (κ1) is 22.8. The molecular weight excluding hydrogens is 440 g/mol. The molecule has 1 aliphatic heterocycles. The Bertz CT molecular complexity index is 1280. The number of ketones is 2. The van der Waals surface area contributed by atoms with Gasteiger partial charge in [0.25, 0.3) is 0 Å². The zero-order chi connectivity index (χ0) is 24.4. The van der Waals surface area contributed by atoms with Crippen LogP contribution < -0.4 is 9.47 Å². The monoisotopic (exact) mass is 462 g/mol. The Morgan fingerprint density at radius 3 is 2.50 bits per heavy atom. The van der Waals surface area contributed by atoms with E-state index in [-0.39, 0.29) is 29.9 Å². The Morgan fingerprint density at radius 2 is 1.76 bits per heavy atom. The van der Waals surface area contributed by atoms with Gasteiger partial charge in [0.05, 0.1) is 11.1 Å². The molecule has 0 aromatic heterocycles. The Labute approximate surface area is 195 Å². The number of phenolic OH excluding ortho intramolecular Hbond substituents is 2. The van der Waals surface area contributed by atoms with Gasteiger partial charge >= 0.3 is 5.97 Å². The molecule has 0 spiro atoms. The summed E-state index contributed by atoms with van der Waals surface area (Å²) in [6, 6.07) is 6.35. The van der Waals surface area contributed by atoms with Crippen LogP contribution in [0.25, 0.3) is 6.08 Å². The van der Waals surface area contributed by atoms with Crippen molar-refractivity contribution in [3.63, 3.8) is 0 Å². The summed E-state index contributed by atoms with van der Waals surface area (Å²) in [5.41, 5.74) is 1.07. The molecule has 34 heavy (non-hydrogen) atoms. The summed E-state index contributed by atoms with van der Waals surface area (Å²) in [5.74, 6) is -1.72. The highest BCUT2D eigenvalue weighted by Gasteiger charge is 2.31. The quantitative estimate of drug-likeness (QED) is 0.280. The molecule has 0 saturated carbocycles. The summed E-state index contributed by atoms with van der Waals surface area (Å²) in [4.78, 5) is 37.1. The molecular formula is C26H22O8. The predicted octanol–water partition coefficient (Wildman–Crippen LogP) is 4.42. The van der Waals surface area contributed by atoms with Gasteiger partial charge in [-0.15, -0.1) is 0 Å². The minimum Gasteiger partial charge on any atom is -0.507 e. The van der Waals surface area contributed by atoms with Crippen molar-refractivity contribution in [2.75, 3.05) is 6.79 Å². The summed E-state index contributed by atoms with van der Waals surface area (Å²) >= 11 is 0. The van der Waals surface area contributed by atoms with E-state index in [1.807, 2.05) is 13.8 Å². The summed E-state index contributed by atoms with van der Waals surface area (Å²) < 4.78 is 16.2. The Hall–Kier alpha value is -4.33. The van der Waals surface area contributed by atoms with E-state index in [0.29, 0.717) is 17.1 Å². The highest BCUT2D eigenvalue weighted by Crippen LogP contribution is 2.41. The average Bonchev–Trinajstić information content (AvgIpc) is 3.27. The van der Waals surface area contributed by atoms with Gasteiger partial charge in [-0.2, -0.15) is 0 Å². The van der Waals surface area contributed by atoms with Crippen LogP contribution in [0.1, 0.15) is 58.2 Å². The second kappa shape index (κ2) is 9.27. The lowest BCUT2D eigenvalue weighted by Gasteiger charge is -2.21. The number of aromatic hydroxyl groups is 2. The maximum atomic E-state index is 12.6. The molecule has 1 heterocycles. The fourth-order valence-corrected chi connectivity index (χ4v) is 3.67. The van der Waals surface area contributed by atoms with E-state index >= 15 is 0 Å². The number of esters is 1. The Balaban J connectivity index is 1.63. The molecule has 4 rings (SSSR count). The average molecular weight is 462 g/mol. The zero-order valence-electron chi connectivity index (χ0n) is 18.5. The fraction of sp³-hybridized carbons (Fsp3) is 0.192. The minimum absolute atomic E-state index is 0.0232. The molecule has 8 heteroatoms. The standard InChI is InChI=1S/C26H22O8/c1-14(2)3-8-20(16-12-19(29)24-17(27)6-7-18(28)25(24)26(16)31)34-23(30)10-5-15-4-9-21-22(11-15)33-13-32-21/h3-7,9-12,20,29,31H,8,13H2,1-2H3/b10-5+/t20-/m1/s1. The molecule has 0 fully saturated rings. The fourth-order valence-electron chi connectivity index (χ4n) is 3.67. The van der Waals surface area contributed by atoms with Crippen LogP contribution in [0.15, 0.2) is 54.1 Å². The SMILES string of the molecule is CC(C)=CC[C@@H](OC(=O)/C=C/c1ccc2c(c1)OCO2)c1cc(O)c2c(c1O)C(=O)C=CC2=O. The van der Waals surface area contributed by atoms with Crippen molar-refractivity contribution < 1.29 is 38.8 Å². The van der Waals surface area contributed by atoms with Crippen LogP contribution in [0.5, 0.6) is 23.0 Å². The van der Waals surface area contributed by atoms with E-state index in [2.05, 4.69) is 0 Å². The third-order valence-electron chi connectivity index (χ3n) is 5.34. The molecule has 0 unspecified atom stereocenters. The van der Waals surface area contributed by atoms with Crippen molar-refractivity contribution in [3.8, 4) is 23.0 Å². The normalized spacial score (nSPS) is 14.8. The van der Waals surface area contributed by atoms with Crippen LogP contribution in [0.3, 0.4) is 0 Å². The van der Waals surface area contributed by atoms with E-state index in [4.69, 9.17) is 14.2 Å². The van der Waals surface area contributed by atoms with Gasteiger partial charge in [0.15, 0.2) is 23.1 Å². The van der Waals surface area contributed by atoms with Crippen molar-refractivity contribution in [1.82, 2.24) is 0 Å². The molecule has 0 saturated heterocycles. The van der Waals surface area contributed by atoms with E-state index in [1.54, 1.807) is 30.4 Å². The molecule has 174 valence electrons. The lowest BCUT2D eigenvalue weighted by atomic mass is 9.89. The van der Waals surface area contributed by atoms with E-state index in [1.165, 1.54) is 6.08 Å². The van der Waals surface area contributed by atoms with Gasteiger partial charge in [0.2, 0.25) is 6.79 Å². The molecule has 1 aliphatic carbocycles. The van der Waals surface area contributed by atoms with Gasteiger partial charge in [-0.25, -0.2) is 4.79 Å². The highest BCUT2D eigenvalue weighted by molar-refractivity contribution is 6.24. The topological polar surface area (TPSA) is 119 Å². The van der Waals surface area contributed by atoms with Crippen LogP contribution in [0.2, 0.25) is 0 Å². The summed E-state index contributed by atoms with van der Waals surface area (Å²) in [5, 5.41) is 21.2. The maximum Gasteiger partial charge on any atom is 0.331 e. The van der Waals surface area contributed by atoms with Crippen LogP contribution >= 0.6 is 0 Å². The van der Waals surface area contributed by atoms with E-state index in [0.717, 1.165) is 23.8 Å². The molecule has 2 aromatic carbocycles. The molecule has 2 N–H and O–H groups in total. The maximum absolute atomic E-state index is 12.6. The third kappa shape index (κ3) is 4.56. The third-order valence-corrected chi connectivity index (χ3v) is 5.34. The first-order valence-corrected chi connectivity index (χ1v) is 10.5. The lowest BCUT2D eigenvalue weighted by molar-refractivity contribution is -0.143. The first-order valence-electron chi connectivity index (χ1n) is 10.5. The van der Waals surface area contributed by atoms with E-state index < -0.39 is 35.1 Å². The number of carbonyl (C=O) groups is 3. The van der Waals surface area contributed by atoms with E-state index in [9.17, 15) is 24.6 Å². The largest absolute Gasteiger partial charge is 0.507 e. The Morgan fingerprint density at radius 1 is 1.06 bits per heavy atom. The Kier molecular flexibility index (Phi) is 6.23. The smallest absolute Gasteiger partial charge is 0.331 e. The van der Waals surface area contributed by atoms with Crippen LogP contribution in [0.4, 0.5) is 0 Å². The molecule has 2 aliphatic rings. The second-order valence-electron chi connectivity index (χ2n) is 8.03. The predicted molar refractivity (Wildman–Crippen MR) is 122 cm³/mol. The summed E-state index contributed by atoms with van der Waals surface area (Å²) in [6.45, 7) is 3.85. The molecule has 2 aromatic rings. The number of phenols is 2. The van der Waals surface area contributed by atoms with Crippen molar-refractivity contribution in [2.24, 2.45) is 0 Å². The van der Waals surface area contributed by atoms with Crippen LogP contribution in [-0.4, -0.2) is 34.5 Å². The highest BCUT2D eigenvalue weighted by atomic mass is 16.7. The molecule has 1 atom stereocenters. The molecule has 0 amide bonds. The summed E-state index contributed by atoms with van der Waals surface area (Å²) in [7, 11) is 0. The van der Waals surface area contributed by atoms with Gasteiger partial charge < -0.3 is 24.4 Å². The molecule has 0 radical (unpaired) electrons. The van der Waals surface area contributed by atoms with Crippen LogP contribution in [0, 0.1) is 0 Å². The minimum atomic E-state index is -1.02. The number of hydrogen-bond donors (Lipinski definition) is 2. The van der Waals surface area contributed by atoms with Crippen molar-refractivity contribution >= 4 is 23.6 Å². The number of ether oxygens (including phenoxy) is 3.